The van der Waals surface area contributed by atoms with E-state index in [9.17, 15) is 8.42 Å². The van der Waals surface area contributed by atoms with Gasteiger partial charge in [0, 0.05) is 10.2 Å². The van der Waals surface area contributed by atoms with Crippen LogP contribution in [-0.2, 0) is 10.0 Å². The average molecular weight is 346 g/mol. The summed E-state index contributed by atoms with van der Waals surface area (Å²) in [6, 6.07) is 7.21. The van der Waals surface area contributed by atoms with E-state index in [-0.39, 0.29) is 0 Å². The lowest BCUT2D eigenvalue weighted by Gasteiger charge is -2.08. The van der Waals surface area contributed by atoms with Gasteiger partial charge >= 0.3 is 0 Å². The molecule has 2 aromatic rings. The highest BCUT2D eigenvalue weighted by molar-refractivity contribution is 9.10. The highest BCUT2D eigenvalue weighted by atomic mass is 79.9. The van der Waals surface area contributed by atoms with Crippen LogP contribution in [0.5, 0.6) is 0 Å². The highest BCUT2D eigenvalue weighted by Crippen LogP contribution is 2.29. The van der Waals surface area contributed by atoms with Crippen molar-refractivity contribution in [1.82, 2.24) is 0 Å². The Hall–Kier alpha value is -0.850. The number of aryl methyl sites for hydroxylation is 2. The van der Waals surface area contributed by atoms with Gasteiger partial charge < -0.3 is 0 Å². The molecule has 1 N–H and O–H groups in total. The van der Waals surface area contributed by atoms with Crippen LogP contribution in [-0.4, -0.2) is 8.42 Å². The first-order chi connectivity index (χ1) is 8.40. The summed E-state index contributed by atoms with van der Waals surface area (Å²) < 4.78 is 27.8. The molecule has 1 aromatic carbocycles. The summed E-state index contributed by atoms with van der Waals surface area (Å²) in [5.74, 6) is 0. The fraction of sp³-hybridized carbons (Fsp3) is 0.167. The summed E-state index contributed by atoms with van der Waals surface area (Å²) in [5, 5.41) is 1.74. The molecule has 18 heavy (non-hydrogen) atoms. The van der Waals surface area contributed by atoms with Crippen LogP contribution < -0.4 is 4.72 Å². The van der Waals surface area contributed by atoms with E-state index in [0.717, 1.165) is 11.1 Å². The van der Waals surface area contributed by atoms with Gasteiger partial charge in [-0.15, -0.1) is 11.3 Å². The number of anilines is 1. The summed E-state index contributed by atoms with van der Waals surface area (Å²) in [6.45, 7) is 3.94. The number of nitrogens with one attached hydrogen (secondary N) is 1. The summed E-state index contributed by atoms with van der Waals surface area (Å²) in [7, 11) is -3.51. The fourth-order valence-electron chi connectivity index (χ4n) is 1.48. The van der Waals surface area contributed by atoms with E-state index >= 15 is 0 Å². The van der Waals surface area contributed by atoms with Crippen LogP contribution >= 0.6 is 27.3 Å². The van der Waals surface area contributed by atoms with Crippen LogP contribution in [0.15, 0.2) is 38.3 Å². The Morgan fingerprint density at radius 3 is 2.44 bits per heavy atom. The molecule has 0 bridgehead atoms. The van der Waals surface area contributed by atoms with Crippen LogP contribution in [0.4, 0.5) is 5.69 Å². The zero-order valence-corrected chi connectivity index (χ0v) is 13.1. The fourth-order valence-corrected chi connectivity index (χ4v) is 4.87. The Bertz CT molecular complexity index is 677. The van der Waals surface area contributed by atoms with E-state index in [0.29, 0.717) is 14.4 Å². The highest BCUT2D eigenvalue weighted by Gasteiger charge is 2.19. The van der Waals surface area contributed by atoms with Gasteiger partial charge in [0.15, 0.2) is 4.21 Å². The Balaban J connectivity index is 2.34. The first-order valence-corrected chi connectivity index (χ1v) is 8.39. The normalized spacial score (nSPS) is 11.5. The Morgan fingerprint density at radius 1 is 1.17 bits per heavy atom. The molecular weight excluding hydrogens is 334 g/mol. The topological polar surface area (TPSA) is 46.2 Å². The van der Waals surface area contributed by atoms with Crippen LogP contribution in [0.2, 0.25) is 0 Å². The number of hydrogen-bond donors (Lipinski definition) is 1. The average Bonchev–Trinajstić information content (AvgIpc) is 2.70. The van der Waals surface area contributed by atoms with Gasteiger partial charge in [0.05, 0.1) is 0 Å². The molecule has 96 valence electrons. The predicted molar refractivity (Wildman–Crippen MR) is 78.7 cm³/mol. The molecule has 0 unspecified atom stereocenters. The van der Waals surface area contributed by atoms with Crippen molar-refractivity contribution in [3.8, 4) is 0 Å². The van der Waals surface area contributed by atoms with Gasteiger partial charge in [0.2, 0.25) is 0 Å². The molecule has 0 radical (unpaired) electrons. The molecule has 0 aliphatic carbocycles. The number of rotatable bonds is 3. The first kappa shape index (κ1) is 13.6. The van der Waals surface area contributed by atoms with Gasteiger partial charge in [0.1, 0.15) is 0 Å². The molecule has 0 fully saturated rings. The number of halogens is 1. The second kappa shape index (κ2) is 5.03. The van der Waals surface area contributed by atoms with E-state index < -0.39 is 10.0 Å². The van der Waals surface area contributed by atoms with Crippen LogP contribution in [0.25, 0.3) is 0 Å². The summed E-state index contributed by atoms with van der Waals surface area (Å²) in [4.78, 5) is 0. The lowest BCUT2D eigenvalue weighted by molar-refractivity contribution is 0.603. The molecule has 3 nitrogen and oxygen atoms in total. The molecular formula is C12H12BrNO2S2. The molecule has 2 rings (SSSR count). The monoisotopic (exact) mass is 345 g/mol. The van der Waals surface area contributed by atoms with Gasteiger partial charge in [-0.1, -0.05) is 6.07 Å². The minimum atomic E-state index is -3.51. The van der Waals surface area contributed by atoms with Crippen LogP contribution in [0.1, 0.15) is 11.1 Å². The molecule has 0 aliphatic heterocycles. The molecule has 1 aromatic heterocycles. The third-order valence-corrected chi connectivity index (χ3v) is 6.64. The van der Waals surface area contributed by atoms with Crippen molar-refractivity contribution in [3.63, 3.8) is 0 Å². The molecule has 0 amide bonds. The van der Waals surface area contributed by atoms with Crippen molar-refractivity contribution < 1.29 is 8.42 Å². The van der Waals surface area contributed by atoms with Crippen molar-refractivity contribution in [1.29, 1.82) is 0 Å². The molecule has 1 heterocycles. The van der Waals surface area contributed by atoms with E-state index in [4.69, 9.17) is 0 Å². The minimum Gasteiger partial charge on any atom is -0.279 e. The van der Waals surface area contributed by atoms with E-state index in [1.165, 1.54) is 11.3 Å². The smallest absolute Gasteiger partial charge is 0.272 e. The zero-order valence-electron chi connectivity index (χ0n) is 9.90. The van der Waals surface area contributed by atoms with E-state index in [2.05, 4.69) is 20.7 Å². The molecule has 6 heteroatoms. The Morgan fingerprint density at radius 2 is 1.89 bits per heavy atom. The van der Waals surface area contributed by atoms with Crippen molar-refractivity contribution in [2.45, 2.75) is 18.1 Å². The standard InChI is InChI=1S/C12H12BrNO2S2/c1-8-3-4-10(7-9(8)2)14-18(15,16)12-11(13)5-6-17-12/h3-7,14H,1-2H3. The maximum Gasteiger partial charge on any atom is 0.272 e. The summed E-state index contributed by atoms with van der Waals surface area (Å²) in [5.41, 5.74) is 2.77. The van der Waals surface area contributed by atoms with Crippen molar-refractivity contribution in [2.75, 3.05) is 4.72 Å². The van der Waals surface area contributed by atoms with Gasteiger partial charge in [-0.2, -0.15) is 0 Å². The lowest BCUT2D eigenvalue weighted by Crippen LogP contribution is -2.12. The summed E-state index contributed by atoms with van der Waals surface area (Å²) in [6.07, 6.45) is 0. The minimum absolute atomic E-state index is 0.292. The van der Waals surface area contributed by atoms with Gasteiger partial charge in [0.25, 0.3) is 10.0 Å². The Labute approximate surface area is 119 Å². The molecule has 0 aliphatic rings. The van der Waals surface area contributed by atoms with Crippen LogP contribution in [0.3, 0.4) is 0 Å². The maximum absolute atomic E-state index is 12.1. The second-order valence-corrected chi connectivity index (χ2v) is 7.61. The zero-order chi connectivity index (χ0) is 13.3. The predicted octanol–water partition coefficient (Wildman–Crippen LogP) is 3.93. The number of benzene rings is 1. The third kappa shape index (κ3) is 2.76. The third-order valence-electron chi connectivity index (χ3n) is 2.59. The van der Waals surface area contributed by atoms with Gasteiger partial charge in [-0.25, -0.2) is 8.42 Å². The SMILES string of the molecule is Cc1ccc(NS(=O)(=O)c2sccc2Br)cc1C. The summed E-state index contributed by atoms with van der Waals surface area (Å²) >= 11 is 4.42. The second-order valence-electron chi connectivity index (χ2n) is 3.96. The van der Waals surface area contributed by atoms with Crippen molar-refractivity contribution in [2.24, 2.45) is 0 Å². The van der Waals surface area contributed by atoms with Crippen molar-refractivity contribution in [3.05, 3.63) is 45.2 Å². The maximum atomic E-state index is 12.1. The van der Waals surface area contributed by atoms with Crippen LogP contribution in [0, 0.1) is 13.8 Å². The van der Waals surface area contributed by atoms with E-state index in [1.54, 1.807) is 17.5 Å². The van der Waals surface area contributed by atoms with Gasteiger partial charge in [-0.3, -0.25) is 4.72 Å². The Kier molecular flexibility index (Phi) is 3.79. The quantitative estimate of drug-likeness (QED) is 0.915. The molecule has 0 saturated heterocycles. The number of thiophene rings is 1. The first-order valence-electron chi connectivity index (χ1n) is 5.23. The van der Waals surface area contributed by atoms with E-state index in [1.807, 2.05) is 26.0 Å². The molecule has 0 atom stereocenters. The van der Waals surface area contributed by atoms with Crippen molar-refractivity contribution >= 4 is 43.0 Å². The number of sulfonamides is 1. The molecule has 0 saturated carbocycles. The molecule has 0 spiro atoms. The lowest BCUT2D eigenvalue weighted by atomic mass is 10.1. The largest absolute Gasteiger partial charge is 0.279 e. The van der Waals surface area contributed by atoms with Gasteiger partial charge in [-0.05, 0) is 64.5 Å². The number of hydrogen-bond acceptors (Lipinski definition) is 3.